The summed E-state index contributed by atoms with van der Waals surface area (Å²) in [5.74, 6) is -0.215. The van der Waals surface area contributed by atoms with Crippen LogP contribution in [0.2, 0.25) is 0 Å². The van der Waals surface area contributed by atoms with E-state index in [2.05, 4.69) is 25.8 Å². The molecule has 3 rings (SSSR count). The summed E-state index contributed by atoms with van der Waals surface area (Å²) in [5.41, 5.74) is 0.821. The number of carbonyl (C=O) groups excluding carboxylic acids is 2. The molecule has 0 unspecified atom stereocenters. The van der Waals surface area contributed by atoms with Gasteiger partial charge in [0.1, 0.15) is 11.6 Å². The summed E-state index contributed by atoms with van der Waals surface area (Å²) in [6, 6.07) is 9.46. The van der Waals surface area contributed by atoms with Crippen molar-refractivity contribution < 1.29 is 14.0 Å². The molecule has 3 aromatic rings. The number of halogens is 1. The lowest BCUT2D eigenvalue weighted by Gasteiger charge is -2.05. The van der Waals surface area contributed by atoms with Crippen molar-refractivity contribution in [1.82, 2.24) is 25.8 Å². The maximum atomic E-state index is 12.9. The molecule has 0 saturated heterocycles. The fourth-order valence-corrected chi connectivity index (χ4v) is 3.55. The zero-order valence-electron chi connectivity index (χ0n) is 15.2. The number of nitrogens with one attached hydrogen (secondary N) is 3. The second kappa shape index (κ2) is 10.5. The first-order chi connectivity index (χ1) is 14.1. The number of H-pyrrole nitrogens is 1. The van der Waals surface area contributed by atoms with Crippen molar-refractivity contribution >= 4 is 47.2 Å². The molecule has 2 heterocycles. The number of benzene rings is 1. The summed E-state index contributed by atoms with van der Waals surface area (Å²) in [7, 11) is 0. The topological polar surface area (TPSA) is 99.8 Å². The molecule has 10 heteroatoms. The maximum Gasteiger partial charge on any atom is 0.321 e. The molecule has 7 nitrogen and oxygen atoms in total. The Bertz CT molecular complexity index is 971. The smallest absolute Gasteiger partial charge is 0.321 e. The van der Waals surface area contributed by atoms with Crippen molar-refractivity contribution in [3.05, 3.63) is 63.9 Å². The van der Waals surface area contributed by atoms with E-state index in [1.807, 2.05) is 17.5 Å². The number of thiophene rings is 1. The van der Waals surface area contributed by atoms with E-state index in [1.54, 1.807) is 35.6 Å². The minimum absolute atomic E-state index is 0.0112. The van der Waals surface area contributed by atoms with E-state index < -0.39 is 11.9 Å². The first-order valence-corrected chi connectivity index (χ1v) is 10.5. The minimum atomic E-state index is -0.523. The summed E-state index contributed by atoms with van der Waals surface area (Å²) in [4.78, 5) is 29.0. The predicted octanol–water partition coefficient (Wildman–Crippen LogP) is 3.34. The van der Waals surface area contributed by atoms with E-state index >= 15 is 0 Å². The third-order valence-corrected chi connectivity index (χ3v) is 5.39. The lowest BCUT2D eigenvalue weighted by Crippen LogP contribution is -2.41. The van der Waals surface area contributed by atoms with Crippen LogP contribution >= 0.6 is 23.1 Å². The van der Waals surface area contributed by atoms with Gasteiger partial charge in [-0.25, -0.2) is 14.2 Å². The van der Waals surface area contributed by atoms with Crippen molar-refractivity contribution in [3.63, 3.8) is 0 Å². The number of hydrogen-bond acceptors (Lipinski definition) is 6. The lowest BCUT2D eigenvalue weighted by atomic mass is 10.2. The normalized spacial score (nSPS) is 10.9. The van der Waals surface area contributed by atoms with Crippen molar-refractivity contribution in [2.24, 2.45) is 0 Å². The van der Waals surface area contributed by atoms with Crippen LogP contribution in [0, 0.1) is 5.82 Å². The van der Waals surface area contributed by atoms with Crippen LogP contribution in [0.3, 0.4) is 0 Å². The van der Waals surface area contributed by atoms with Crippen LogP contribution in [-0.2, 0) is 11.2 Å². The predicted molar refractivity (Wildman–Crippen MR) is 112 cm³/mol. The molecular weight excluding hydrogens is 413 g/mol. The molecule has 150 valence electrons. The Morgan fingerprint density at radius 1 is 1.21 bits per heavy atom. The van der Waals surface area contributed by atoms with Gasteiger partial charge in [-0.2, -0.15) is 0 Å². The van der Waals surface area contributed by atoms with Crippen molar-refractivity contribution in [1.29, 1.82) is 0 Å². The van der Waals surface area contributed by atoms with Gasteiger partial charge in [-0.05, 0) is 41.6 Å². The van der Waals surface area contributed by atoms with Gasteiger partial charge in [0.05, 0.1) is 5.75 Å². The van der Waals surface area contributed by atoms with Gasteiger partial charge in [-0.1, -0.05) is 36.0 Å². The average Bonchev–Trinajstić information content (AvgIpc) is 3.38. The molecule has 0 spiro atoms. The van der Waals surface area contributed by atoms with Gasteiger partial charge >= 0.3 is 6.03 Å². The Balaban J connectivity index is 1.37. The fourth-order valence-electron chi connectivity index (χ4n) is 2.24. The van der Waals surface area contributed by atoms with Crippen LogP contribution in [-0.4, -0.2) is 39.4 Å². The Hall–Kier alpha value is -2.98. The van der Waals surface area contributed by atoms with E-state index in [1.165, 1.54) is 17.0 Å². The highest BCUT2D eigenvalue weighted by Gasteiger charge is 2.10. The highest BCUT2D eigenvalue weighted by atomic mass is 32.2. The van der Waals surface area contributed by atoms with Gasteiger partial charge in [0.25, 0.3) is 0 Å². The summed E-state index contributed by atoms with van der Waals surface area (Å²) < 4.78 is 12.9. The zero-order chi connectivity index (χ0) is 20.5. The van der Waals surface area contributed by atoms with E-state index in [0.29, 0.717) is 17.5 Å². The van der Waals surface area contributed by atoms with E-state index in [9.17, 15) is 14.0 Å². The van der Waals surface area contributed by atoms with Crippen molar-refractivity contribution in [3.8, 4) is 0 Å². The van der Waals surface area contributed by atoms with Gasteiger partial charge in [0, 0.05) is 11.4 Å². The number of aromatic amines is 1. The van der Waals surface area contributed by atoms with Crippen LogP contribution in [0.1, 0.15) is 16.3 Å². The highest BCUT2D eigenvalue weighted by molar-refractivity contribution is 7.99. The molecule has 0 aliphatic rings. The highest BCUT2D eigenvalue weighted by Crippen LogP contribution is 2.13. The zero-order valence-corrected chi connectivity index (χ0v) is 16.9. The number of thioether (sulfide) groups is 1. The number of carbonyl (C=O) groups is 2. The third-order valence-electron chi connectivity index (χ3n) is 3.61. The molecular formula is C19H18FN5O2S2. The Morgan fingerprint density at radius 3 is 2.79 bits per heavy atom. The van der Waals surface area contributed by atoms with Crippen LogP contribution < -0.4 is 10.6 Å². The monoisotopic (exact) mass is 431 g/mol. The number of urea groups is 1. The molecule has 0 aliphatic carbocycles. The van der Waals surface area contributed by atoms with Crippen LogP contribution in [0.5, 0.6) is 0 Å². The molecule has 0 aliphatic heterocycles. The SMILES string of the molecule is O=C(CSc1n[nH]c(/C=C/c2ccc(F)cc2)n1)NC(=O)NCCc1cccs1. The Kier molecular flexibility index (Phi) is 7.54. The quantitative estimate of drug-likeness (QED) is 0.475. The van der Waals surface area contributed by atoms with Crippen molar-refractivity contribution in [2.45, 2.75) is 11.6 Å². The lowest BCUT2D eigenvalue weighted by molar-refractivity contribution is -0.117. The van der Waals surface area contributed by atoms with Gasteiger partial charge in [-0.15, -0.1) is 16.4 Å². The molecule has 0 fully saturated rings. The molecule has 0 bridgehead atoms. The van der Waals surface area contributed by atoms with E-state index in [4.69, 9.17) is 0 Å². The van der Waals surface area contributed by atoms with Crippen LogP contribution in [0.4, 0.5) is 9.18 Å². The maximum absolute atomic E-state index is 12.9. The van der Waals surface area contributed by atoms with E-state index in [-0.39, 0.29) is 11.6 Å². The largest absolute Gasteiger partial charge is 0.337 e. The fraction of sp³-hybridized carbons (Fsp3) is 0.158. The van der Waals surface area contributed by atoms with Crippen LogP contribution in [0.15, 0.2) is 46.9 Å². The Labute approximate surface area is 174 Å². The summed E-state index contributed by atoms with van der Waals surface area (Å²) in [6.45, 7) is 0.456. The summed E-state index contributed by atoms with van der Waals surface area (Å²) in [5, 5.41) is 14.0. The third kappa shape index (κ3) is 7.16. The van der Waals surface area contributed by atoms with Gasteiger partial charge in [0.15, 0.2) is 0 Å². The molecule has 29 heavy (non-hydrogen) atoms. The molecule has 1 aromatic carbocycles. The van der Waals surface area contributed by atoms with Crippen molar-refractivity contribution in [2.75, 3.05) is 12.3 Å². The second-order valence-corrected chi connectivity index (χ2v) is 7.78. The average molecular weight is 432 g/mol. The first-order valence-electron chi connectivity index (χ1n) is 8.67. The molecule has 3 amide bonds. The van der Waals surface area contributed by atoms with Gasteiger partial charge in [0.2, 0.25) is 11.1 Å². The van der Waals surface area contributed by atoms with Crippen LogP contribution in [0.25, 0.3) is 12.2 Å². The standard InChI is InChI=1S/C19H18FN5O2S2/c20-14-6-3-13(4-7-14)5-8-16-22-19(25-24-16)29-12-17(26)23-18(27)21-10-9-15-2-1-11-28-15/h1-8,11H,9-10,12H2,(H,22,24,25)(H2,21,23,26,27)/b8-5+. The molecule has 0 saturated carbocycles. The van der Waals surface area contributed by atoms with Gasteiger partial charge in [-0.3, -0.25) is 15.2 Å². The molecule has 0 atom stereocenters. The molecule has 3 N–H and O–H groups in total. The van der Waals surface area contributed by atoms with Gasteiger partial charge < -0.3 is 5.32 Å². The molecule has 0 radical (unpaired) electrons. The van der Waals surface area contributed by atoms with E-state index in [0.717, 1.165) is 23.7 Å². The summed E-state index contributed by atoms with van der Waals surface area (Å²) >= 11 is 2.73. The number of aromatic nitrogens is 3. The second-order valence-electron chi connectivity index (χ2n) is 5.81. The molecule has 2 aromatic heterocycles. The number of rotatable bonds is 8. The minimum Gasteiger partial charge on any atom is -0.337 e. The number of nitrogens with zero attached hydrogens (tertiary/aromatic N) is 2. The number of hydrogen-bond donors (Lipinski definition) is 3. The number of amides is 3. The first kappa shape index (κ1) is 20.7. The Morgan fingerprint density at radius 2 is 2.03 bits per heavy atom. The number of imide groups is 1. The summed E-state index contributed by atoms with van der Waals surface area (Å²) in [6.07, 6.45) is 4.19.